The maximum atomic E-state index is 12.8. The van der Waals surface area contributed by atoms with Gasteiger partial charge in [-0.2, -0.15) is 4.98 Å². The number of hydrogen-bond donors (Lipinski definition) is 0. The molecule has 0 bridgehead atoms. The van der Waals surface area contributed by atoms with E-state index in [0.29, 0.717) is 28.8 Å². The zero-order valence-corrected chi connectivity index (χ0v) is 15.8. The quantitative estimate of drug-likeness (QED) is 0.658. The molecular weight excluding hydrogens is 362 g/mol. The number of halogens is 1. The third kappa shape index (κ3) is 3.88. The zero-order chi connectivity index (χ0) is 18.8. The molecule has 1 aliphatic heterocycles. The topological polar surface area (TPSA) is 59.2 Å². The second kappa shape index (κ2) is 7.53. The Morgan fingerprint density at radius 1 is 1.15 bits per heavy atom. The van der Waals surface area contributed by atoms with E-state index < -0.39 is 0 Å². The van der Waals surface area contributed by atoms with Crippen molar-refractivity contribution < 1.29 is 9.32 Å². The number of carbonyl (C=O) groups is 1. The lowest BCUT2D eigenvalue weighted by Gasteiger charge is -2.31. The molecule has 1 amide bonds. The molecular formula is C21H20ClN3O2. The first-order valence-corrected chi connectivity index (χ1v) is 9.43. The molecule has 4 rings (SSSR count). The van der Waals surface area contributed by atoms with Gasteiger partial charge < -0.3 is 9.42 Å². The first-order chi connectivity index (χ1) is 13.1. The van der Waals surface area contributed by atoms with Crippen LogP contribution >= 0.6 is 11.6 Å². The summed E-state index contributed by atoms with van der Waals surface area (Å²) >= 11 is 5.93. The molecule has 5 nitrogen and oxygen atoms in total. The predicted octanol–water partition coefficient (Wildman–Crippen LogP) is 4.72. The van der Waals surface area contributed by atoms with Crippen molar-refractivity contribution in [2.75, 3.05) is 13.1 Å². The van der Waals surface area contributed by atoms with Crippen LogP contribution in [0.15, 0.2) is 53.1 Å². The molecule has 0 aliphatic carbocycles. The molecule has 1 saturated heterocycles. The number of aryl methyl sites for hydroxylation is 1. The minimum Gasteiger partial charge on any atom is -0.339 e. The van der Waals surface area contributed by atoms with Crippen molar-refractivity contribution in [3.8, 4) is 11.4 Å². The Kier molecular flexibility index (Phi) is 4.94. The molecule has 0 unspecified atom stereocenters. The van der Waals surface area contributed by atoms with Crippen LogP contribution in [-0.2, 0) is 0 Å². The summed E-state index contributed by atoms with van der Waals surface area (Å²) in [6.07, 6.45) is 1.85. The van der Waals surface area contributed by atoms with Crippen molar-refractivity contribution in [3.63, 3.8) is 0 Å². The van der Waals surface area contributed by atoms with Gasteiger partial charge in [0.2, 0.25) is 11.7 Å². The van der Waals surface area contributed by atoms with Gasteiger partial charge in [-0.3, -0.25) is 4.79 Å². The number of amides is 1. The molecule has 1 fully saturated rings. The average molecular weight is 382 g/mol. The van der Waals surface area contributed by atoms with E-state index in [0.717, 1.165) is 30.5 Å². The van der Waals surface area contributed by atoms with Gasteiger partial charge in [0.05, 0.1) is 5.92 Å². The van der Waals surface area contributed by atoms with Crippen LogP contribution in [0.3, 0.4) is 0 Å². The summed E-state index contributed by atoms with van der Waals surface area (Å²) in [6, 6.07) is 15.0. The number of piperidine rings is 1. The van der Waals surface area contributed by atoms with Crippen molar-refractivity contribution >= 4 is 17.5 Å². The maximum Gasteiger partial charge on any atom is 0.253 e. The van der Waals surface area contributed by atoms with Crippen LogP contribution in [0.25, 0.3) is 11.4 Å². The molecule has 0 radical (unpaired) electrons. The first kappa shape index (κ1) is 17.7. The van der Waals surface area contributed by atoms with E-state index in [9.17, 15) is 4.79 Å². The Balaban J connectivity index is 1.49. The van der Waals surface area contributed by atoms with Gasteiger partial charge in [-0.1, -0.05) is 34.5 Å². The lowest BCUT2D eigenvalue weighted by atomic mass is 9.97. The van der Waals surface area contributed by atoms with E-state index in [1.54, 1.807) is 12.1 Å². The third-order valence-electron chi connectivity index (χ3n) is 4.90. The molecule has 0 N–H and O–H groups in total. The van der Waals surface area contributed by atoms with E-state index in [-0.39, 0.29) is 11.8 Å². The lowest BCUT2D eigenvalue weighted by molar-refractivity contribution is 0.0695. The number of benzene rings is 2. The van der Waals surface area contributed by atoms with Crippen LogP contribution in [0.2, 0.25) is 5.02 Å². The van der Waals surface area contributed by atoms with Crippen molar-refractivity contribution in [2.45, 2.75) is 25.7 Å². The normalized spacial score (nSPS) is 17.1. The minimum atomic E-state index is 0.0529. The second-order valence-electron chi connectivity index (χ2n) is 6.92. The molecule has 6 heteroatoms. The Bertz CT molecular complexity index is 935. The van der Waals surface area contributed by atoms with E-state index in [1.807, 2.05) is 48.2 Å². The van der Waals surface area contributed by atoms with Crippen LogP contribution in [-0.4, -0.2) is 34.0 Å². The van der Waals surface area contributed by atoms with E-state index >= 15 is 0 Å². The fourth-order valence-electron chi connectivity index (χ4n) is 3.36. The molecule has 27 heavy (non-hydrogen) atoms. The Labute approximate surface area is 163 Å². The van der Waals surface area contributed by atoms with Crippen molar-refractivity contribution in [3.05, 3.63) is 70.6 Å². The molecule has 0 saturated carbocycles. The Morgan fingerprint density at radius 2 is 1.89 bits per heavy atom. The number of rotatable bonds is 3. The number of hydrogen-bond acceptors (Lipinski definition) is 4. The highest BCUT2D eigenvalue weighted by Gasteiger charge is 2.29. The number of carbonyl (C=O) groups excluding carboxylic acids is 1. The van der Waals surface area contributed by atoms with Crippen LogP contribution in [0, 0.1) is 6.92 Å². The van der Waals surface area contributed by atoms with Crippen molar-refractivity contribution in [1.29, 1.82) is 0 Å². The summed E-state index contributed by atoms with van der Waals surface area (Å²) in [7, 11) is 0. The van der Waals surface area contributed by atoms with Crippen LogP contribution in [0.5, 0.6) is 0 Å². The fourth-order valence-corrected chi connectivity index (χ4v) is 3.49. The van der Waals surface area contributed by atoms with Crippen molar-refractivity contribution in [2.24, 2.45) is 0 Å². The fraction of sp³-hybridized carbons (Fsp3) is 0.286. The highest BCUT2D eigenvalue weighted by molar-refractivity contribution is 6.30. The van der Waals surface area contributed by atoms with Gasteiger partial charge in [0, 0.05) is 29.2 Å². The summed E-state index contributed by atoms with van der Waals surface area (Å²) < 4.78 is 5.51. The smallest absolute Gasteiger partial charge is 0.253 e. The lowest BCUT2D eigenvalue weighted by Crippen LogP contribution is -2.39. The van der Waals surface area contributed by atoms with Gasteiger partial charge in [0.1, 0.15) is 0 Å². The summed E-state index contributed by atoms with van der Waals surface area (Å²) in [6.45, 7) is 3.36. The molecule has 1 aromatic heterocycles. The van der Waals surface area contributed by atoms with Crippen LogP contribution in [0.4, 0.5) is 0 Å². The summed E-state index contributed by atoms with van der Waals surface area (Å²) in [5, 5.41) is 4.76. The Morgan fingerprint density at radius 3 is 2.63 bits per heavy atom. The molecule has 2 aromatic carbocycles. The largest absolute Gasteiger partial charge is 0.339 e. The summed E-state index contributed by atoms with van der Waals surface area (Å²) in [4.78, 5) is 19.2. The standard InChI is InChI=1S/C21H20ClN3O2/c1-14-4-6-16(7-5-14)21(26)25-12-2-3-17(13-25)20-23-19(24-27-20)15-8-10-18(22)11-9-15/h4-11,17H,2-3,12-13H2,1H3/t17-/m0/s1. The number of likely N-dealkylation sites (tertiary alicyclic amines) is 1. The zero-order valence-electron chi connectivity index (χ0n) is 15.1. The van der Waals surface area contributed by atoms with Gasteiger partial charge in [-0.15, -0.1) is 0 Å². The summed E-state index contributed by atoms with van der Waals surface area (Å²) in [5.74, 6) is 1.24. The monoisotopic (exact) mass is 381 g/mol. The molecule has 1 atom stereocenters. The summed E-state index contributed by atoms with van der Waals surface area (Å²) in [5.41, 5.74) is 2.72. The van der Waals surface area contributed by atoms with Crippen molar-refractivity contribution in [1.82, 2.24) is 15.0 Å². The third-order valence-corrected chi connectivity index (χ3v) is 5.15. The molecule has 2 heterocycles. The van der Waals surface area contributed by atoms with E-state index in [1.165, 1.54) is 0 Å². The van der Waals surface area contributed by atoms with E-state index in [2.05, 4.69) is 10.1 Å². The van der Waals surface area contributed by atoms with Gasteiger partial charge in [-0.05, 0) is 56.2 Å². The molecule has 3 aromatic rings. The molecule has 1 aliphatic rings. The van der Waals surface area contributed by atoms with Crippen LogP contribution < -0.4 is 0 Å². The number of nitrogens with zero attached hydrogens (tertiary/aromatic N) is 3. The molecule has 0 spiro atoms. The molecule has 138 valence electrons. The van der Waals surface area contributed by atoms with Gasteiger partial charge >= 0.3 is 0 Å². The first-order valence-electron chi connectivity index (χ1n) is 9.05. The SMILES string of the molecule is Cc1ccc(C(=O)N2CCC[C@H](c3nc(-c4ccc(Cl)cc4)no3)C2)cc1. The predicted molar refractivity (Wildman–Crippen MR) is 104 cm³/mol. The van der Waals surface area contributed by atoms with Crippen LogP contribution in [0.1, 0.15) is 40.6 Å². The maximum absolute atomic E-state index is 12.8. The second-order valence-corrected chi connectivity index (χ2v) is 7.36. The average Bonchev–Trinajstić information content (AvgIpc) is 3.19. The highest BCUT2D eigenvalue weighted by atomic mass is 35.5. The van der Waals surface area contributed by atoms with E-state index in [4.69, 9.17) is 16.1 Å². The van der Waals surface area contributed by atoms with Gasteiger partial charge in [-0.25, -0.2) is 0 Å². The highest BCUT2D eigenvalue weighted by Crippen LogP contribution is 2.28. The van der Waals surface area contributed by atoms with Gasteiger partial charge in [0.15, 0.2) is 0 Å². The van der Waals surface area contributed by atoms with Gasteiger partial charge in [0.25, 0.3) is 5.91 Å². The minimum absolute atomic E-state index is 0.0529. The number of aromatic nitrogens is 2. The Hall–Kier alpha value is -2.66.